The maximum absolute atomic E-state index is 2.23. The van der Waals surface area contributed by atoms with Crippen molar-refractivity contribution in [3.8, 4) is 0 Å². The van der Waals surface area contributed by atoms with Crippen molar-refractivity contribution in [2.24, 2.45) is 0 Å². The van der Waals surface area contributed by atoms with Crippen molar-refractivity contribution in [2.45, 2.75) is 0 Å². The summed E-state index contributed by atoms with van der Waals surface area (Å²) in [7, 11) is -1.34. The van der Waals surface area contributed by atoms with Gasteiger partial charge in [0, 0.05) is 0 Å². The Hall–Kier alpha value is -4.66. The Morgan fingerprint density at radius 1 is 0.150 bits per heavy atom. The molecule has 0 aliphatic carbocycles. The maximum atomic E-state index is 2.23. The zero-order valence-electron chi connectivity index (χ0n) is 32.9. The van der Waals surface area contributed by atoms with Gasteiger partial charge in [-0.2, -0.15) is 0 Å². The van der Waals surface area contributed by atoms with E-state index < -0.39 is 23.8 Å². The quantitative estimate of drug-likeness (QED) is 0.150. The van der Waals surface area contributed by atoms with E-state index in [0.717, 1.165) is 0 Å². The van der Waals surface area contributed by atoms with Gasteiger partial charge in [-0.1, -0.05) is 273 Å². The Morgan fingerprint density at radius 2 is 0.233 bits per heavy atom. The molecule has 9 rings (SSSR count). The van der Waals surface area contributed by atoms with E-state index in [0.29, 0.717) is 0 Å². The molecular weight excluding hydrogens is 871 g/mol. The van der Waals surface area contributed by atoms with Gasteiger partial charge in [0.15, 0.2) is 0 Å². The van der Waals surface area contributed by atoms with Gasteiger partial charge in [0.05, 0.1) is 0 Å². The molecule has 0 amide bonds. The van der Waals surface area contributed by atoms with E-state index in [1.54, 1.807) is 0 Å². The average molecular weight is 916 g/mol. The SMILES string of the molecule is [Cl-].[Cl-].[Ni+2].c1ccc(P(c2ccccc2)c2ccccc2)cc1.c1ccc(P(c2ccccc2)c2ccccc2)cc1.c1ccc(P(c2ccccc2)c2ccccc2)cc1. The molecule has 0 heterocycles. The van der Waals surface area contributed by atoms with Crippen molar-refractivity contribution >= 4 is 71.5 Å². The monoisotopic (exact) mass is 914 g/mol. The van der Waals surface area contributed by atoms with Crippen molar-refractivity contribution < 1.29 is 41.3 Å². The number of hydrogen-bond donors (Lipinski definition) is 0. The Morgan fingerprint density at radius 3 is 0.317 bits per heavy atom. The summed E-state index contributed by atoms with van der Waals surface area (Å²) in [6.45, 7) is 0. The van der Waals surface area contributed by atoms with Gasteiger partial charge in [-0.05, 0) is 71.5 Å². The van der Waals surface area contributed by atoms with E-state index in [2.05, 4.69) is 273 Å². The van der Waals surface area contributed by atoms with Crippen LogP contribution >= 0.6 is 23.8 Å². The summed E-state index contributed by atoms with van der Waals surface area (Å²) >= 11 is 0. The fourth-order valence-electron chi connectivity index (χ4n) is 6.54. The standard InChI is InChI=1S/3C18H15P.2ClH.Ni/c3*1-4-10-16(11-5-1)19(17-12-6-2-7-13-17)18-14-8-3-9-15-18;;;/h3*1-15H;2*1H;/q;;;;;+2/p-2. The zero-order valence-corrected chi connectivity index (χ0v) is 38.1. The second-order valence-electron chi connectivity index (χ2n) is 13.0. The van der Waals surface area contributed by atoms with Crippen LogP contribution < -0.4 is 72.6 Å². The predicted octanol–water partition coefficient (Wildman–Crippen LogP) is 4.34. The molecular formula is C54H45Cl2NiP3. The van der Waals surface area contributed by atoms with Crippen LogP contribution in [0.2, 0.25) is 0 Å². The number of rotatable bonds is 9. The molecule has 0 saturated heterocycles. The Bertz CT molecular complexity index is 1870. The zero-order chi connectivity index (χ0) is 38.7. The third-order valence-corrected chi connectivity index (χ3v) is 16.5. The Balaban J connectivity index is 0.000000194. The number of benzene rings is 9. The van der Waals surface area contributed by atoms with E-state index in [9.17, 15) is 0 Å². The molecule has 0 radical (unpaired) electrons. The fraction of sp³-hybridized carbons (Fsp3) is 0. The fourth-order valence-corrected chi connectivity index (χ4v) is 13.5. The molecule has 0 aliphatic heterocycles. The van der Waals surface area contributed by atoms with Crippen LogP contribution in [0.15, 0.2) is 273 Å². The minimum atomic E-state index is -0.446. The van der Waals surface area contributed by atoms with Crippen LogP contribution in [0.25, 0.3) is 0 Å². The van der Waals surface area contributed by atoms with E-state index in [1.807, 2.05) is 0 Å². The van der Waals surface area contributed by atoms with E-state index >= 15 is 0 Å². The van der Waals surface area contributed by atoms with Crippen LogP contribution in [-0.2, 0) is 16.5 Å². The van der Waals surface area contributed by atoms with Crippen molar-refractivity contribution in [1.29, 1.82) is 0 Å². The average Bonchev–Trinajstić information content (AvgIpc) is 3.30. The van der Waals surface area contributed by atoms with E-state index in [1.165, 1.54) is 47.7 Å². The first-order chi connectivity index (χ1) is 28.3. The van der Waals surface area contributed by atoms with Crippen molar-refractivity contribution in [1.82, 2.24) is 0 Å². The van der Waals surface area contributed by atoms with Crippen molar-refractivity contribution in [2.75, 3.05) is 0 Å². The van der Waals surface area contributed by atoms with Crippen LogP contribution in [0.1, 0.15) is 0 Å². The molecule has 0 unspecified atom stereocenters. The van der Waals surface area contributed by atoms with Crippen LogP contribution in [0.5, 0.6) is 0 Å². The minimum absolute atomic E-state index is 0. The van der Waals surface area contributed by atoms with Gasteiger partial charge < -0.3 is 24.8 Å². The normalized spacial score (nSPS) is 10.1. The topological polar surface area (TPSA) is 0 Å². The summed E-state index contributed by atoms with van der Waals surface area (Å²) in [4.78, 5) is 0. The number of halogens is 2. The van der Waals surface area contributed by atoms with Crippen LogP contribution in [0.4, 0.5) is 0 Å². The molecule has 0 nitrogen and oxygen atoms in total. The molecule has 60 heavy (non-hydrogen) atoms. The van der Waals surface area contributed by atoms with E-state index in [4.69, 9.17) is 0 Å². The maximum Gasteiger partial charge on any atom is 2.00 e. The summed E-state index contributed by atoms with van der Waals surface area (Å²) in [5.41, 5.74) is 0. The van der Waals surface area contributed by atoms with Gasteiger partial charge in [-0.3, -0.25) is 0 Å². The second-order valence-corrected chi connectivity index (χ2v) is 19.7. The smallest absolute Gasteiger partial charge is 1.00 e. The molecule has 0 aromatic heterocycles. The van der Waals surface area contributed by atoms with Crippen molar-refractivity contribution in [3.63, 3.8) is 0 Å². The van der Waals surface area contributed by atoms with Gasteiger partial charge in [-0.15, -0.1) is 0 Å². The molecule has 9 aromatic rings. The number of hydrogen-bond acceptors (Lipinski definition) is 0. The first-order valence-electron chi connectivity index (χ1n) is 19.2. The Labute approximate surface area is 383 Å². The molecule has 0 bridgehead atoms. The molecule has 9 aromatic carbocycles. The van der Waals surface area contributed by atoms with Crippen LogP contribution in [0, 0.1) is 0 Å². The molecule has 300 valence electrons. The summed E-state index contributed by atoms with van der Waals surface area (Å²) in [5.74, 6) is 0. The van der Waals surface area contributed by atoms with Gasteiger partial charge in [0.1, 0.15) is 0 Å². The largest absolute Gasteiger partial charge is 2.00 e. The van der Waals surface area contributed by atoms with Gasteiger partial charge in [-0.25, -0.2) is 0 Å². The molecule has 0 atom stereocenters. The first-order valence-corrected chi connectivity index (χ1v) is 23.2. The van der Waals surface area contributed by atoms with Gasteiger partial charge in [0.25, 0.3) is 0 Å². The minimum Gasteiger partial charge on any atom is -1.00 e. The summed E-state index contributed by atoms with van der Waals surface area (Å²) in [6.07, 6.45) is 0. The summed E-state index contributed by atoms with van der Waals surface area (Å²) in [6, 6.07) is 97.0. The van der Waals surface area contributed by atoms with Crippen LogP contribution in [0.3, 0.4) is 0 Å². The van der Waals surface area contributed by atoms with E-state index in [-0.39, 0.29) is 41.3 Å². The summed E-state index contributed by atoms with van der Waals surface area (Å²) in [5, 5.41) is 12.6. The molecule has 0 aliphatic rings. The predicted molar refractivity (Wildman–Crippen MR) is 255 cm³/mol. The molecule has 6 heteroatoms. The molecule has 0 spiro atoms. The second kappa shape index (κ2) is 26.5. The third kappa shape index (κ3) is 13.7. The van der Waals surface area contributed by atoms with Crippen molar-refractivity contribution in [3.05, 3.63) is 273 Å². The molecule has 0 saturated carbocycles. The summed E-state index contributed by atoms with van der Waals surface area (Å²) < 4.78 is 0. The van der Waals surface area contributed by atoms with Gasteiger partial charge in [0.2, 0.25) is 0 Å². The molecule has 0 fully saturated rings. The van der Waals surface area contributed by atoms with Crippen LogP contribution in [-0.4, -0.2) is 0 Å². The Kier molecular flexibility index (Phi) is 21.2. The third-order valence-electron chi connectivity index (χ3n) is 9.13. The first kappa shape index (κ1) is 48.0. The van der Waals surface area contributed by atoms with Gasteiger partial charge >= 0.3 is 16.5 Å². The molecule has 0 N–H and O–H groups in total.